The van der Waals surface area contributed by atoms with E-state index in [0.717, 1.165) is 5.69 Å². The van der Waals surface area contributed by atoms with E-state index in [1.165, 1.54) is 56.7 Å². The van der Waals surface area contributed by atoms with Crippen molar-refractivity contribution in [1.29, 1.82) is 0 Å². The van der Waals surface area contributed by atoms with Gasteiger partial charge in [0.15, 0.2) is 0 Å². The summed E-state index contributed by atoms with van der Waals surface area (Å²) in [6.07, 6.45) is 11.1. The smallest absolute Gasteiger partial charge is 0.0912 e. The molecule has 0 bridgehead atoms. The molecule has 0 aromatic carbocycles. The topological polar surface area (TPSA) is 37.8 Å². The molecule has 0 aliphatic rings. The molecule has 16 heavy (non-hydrogen) atoms. The van der Waals surface area contributed by atoms with Crippen molar-refractivity contribution in [3.63, 3.8) is 0 Å². The standard InChI is InChI=1S/C12H23N3S/c1-3-4-5-6-7-8-9-11(13-2)12-10-14-16-15-12/h10-11,13H,3-9H2,1-2H3. The fourth-order valence-corrected chi connectivity index (χ4v) is 2.37. The van der Waals surface area contributed by atoms with Gasteiger partial charge in [-0.2, -0.15) is 8.75 Å². The minimum atomic E-state index is 0.393. The van der Waals surface area contributed by atoms with Gasteiger partial charge in [-0.15, -0.1) is 0 Å². The number of unbranched alkanes of at least 4 members (excludes halogenated alkanes) is 5. The van der Waals surface area contributed by atoms with Crippen LogP contribution in [-0.2, 0) is 0 Å². The second-order valence-electron chi connectivity index (χ2n) is 4.23. The quantitative estimate of drug-likeness (QED) is 0.672. The predicted molar refractivity (Wildman–Crippen MR) is 69.7 cm³/mol. The highest BCUT2D eigenvalue weighted by Crippen LogP contribution is 2.18. The van der Waals surface area contributed by atoms with Crippen LogP contribution in [0.5, 0.6) is 0 Å². The maximum absolute atomic E-state index is 4.28. The summed E-state index contributed by atoms with van der Waals surface area (Å²) < 4.78 is 8.33. The summed E-state index contributed by atoms with van der Waals surface area (Å²) in [6, 6.07) is 0.393. The Morgan fingerprint density at radius 3 is 2.62 bits per heavy atom. The van der Waals surface area contributed by atoms with Gasteiger partial charge in [0.25, 0.3) is 0 Å². The molecule has 4 heteroatoms. The van der Waals surface area contributed by atoms with Crippen molar-refractivity contribution in [3.05, 3.63) is 11.9 Å². The zero-order chi connectivity index (χ0) is 11.6. The van der Waals surface area contributed by atoms with Crippen molar-refractivity contribution in [2.45, 2.75) is 57.9 Å². The summed E-state index contributed by atoms with van der Waals surface area (Å²) in [5.41, 5.74) is 1.10. The van der Waals surface area contributed by atoms with E-state index in [-0.39, 0.29) is 0 Å². The first-order valence-corrected chi connectivity index (χ1v) is 7.06. The van der Waals surface area contributed by atoms with E-state index in [2.05, 4.69) is 21.0 Å². The van der Waals surface area contributed by atoms with E-state index in [1.54, 1.807) is 0 Å². The SMILES string of the molecule is CCCCCCCCC(NC)c1cnsn1. The third-order valence-electron chi connectivity index (χ3n) is 2.93. The summed E-state index contributed by atoms with van der Waals surface area (Å²) in [4.78, 5) is 0. The van der Waals surface area contributed by atoms with Crippen LogP contribution >= 0.6 is 11.7 Å². The second-order valence-corrected chi connectivity index (χ2v) is 4.79. The molecule has 92 valence electrons. The molecule has 0 fully saturated rings. The van der Waals surface area contributed by atoms with Crippen LogP contribution in [0, 0.1) is 0 Å². The lowest BCUT2D eigenvalue weighted by atomic mass is 10.0. The Bertz CT molecular complexity index is 249. The fraction of sp³-hybridized carbons (Fsp3) is 0.833. The van der Waals surface area contributed by atoms with Crippen molar-refractivity contribution < 1.29 is 0 Å². The van der Waals surface area contributed by atoms with Gasteiger partial charge in [-0.05, 0) is 13.5 Å². The van der Waals surface area contributed by atoms with Crippen molar-refractivity contribution in [2.75, 3.05) is 7.05 Å². The Morgan fingerprint density at radius 2 is 2.00 bits per heavy atom. The molecule has 0 radical (unpaired) electrons. The summed E-state index contributed by atoms with van der Waals surface area (Å²) >= 11 is 1.29. The lowest BCUT2D eigenvalue weighted by Crippen LogP contribution is -2.16. The van der Waals surface area contributed by atoms with E-state index in [9.17, 15) is 0 Å². The van der Waals surface area contributed by atoms with Gasteiger partial charge in [0, 0.05) is 0 Å². The molecular weight excluding hydrogens is 218 g/mol. The molecule has 1 unspecified atom stereocenters. The Labute approximate surface area is 103 Å². The molecule has 0 aliphatic heterocycles. The summed E-state index contributed by atoms with van der Waals surface area (Å²) in [6.45, 7) is 2.26. The fourth-order valence-electron chi connectivity index (χ4n) is 1.89. The Balaban J connectivity index is 2.11. The van der Waals surface area contributed by atoms with Crippen molar-refractivity contribution >= 4 is 11.7 Å². The number of hydrogen-bond donors (Lipinski definition) is 1. The van der Waals surface area contributed by atoms with Crippen LogP contribution in [-0.4, -0.2) is 15.8 Å². The van der Waals surface area contributed by atoms with Crippen LogP contribution in [0.2, 0.25) is 0 Å². The van der Waals surface area contributed by atoms with Gasteiger partial charge in [0.1, 0.15) is 0 Å². The van der Waals surface area contributed by atoms with E-state index < -0.39 is 0 Å². The third kappa shape index (κ3) is 5.03. The van der Waals surface area contributed by atoms with Crippen molar-refractivity contribution in [1.82, 2.24) is 14.1 Å². The lowest BCUT2D eigenvalue weighted by Gasteiger charge is -2.12. The van der Waals surface area contributed by atoms with Gasteiger partial charge < -0.3 is 5.32 Å². The van der Waals surface area contributed by atoms with Crippen LogP contribution in [0.15, 0.2) is 6.20 Å². The molecular formula is C12H23N3S. The van der Waals surface area contributed by atoms with E-state index in [1.807, 2.05) is 13.2 Å². The maximum Gasteiger partial charge on any atom is 0.0912 e. The highest BCUT2D eigenvalue weighted by Gasteiger charge is 2.10. The first-order valence-electron chi connectivity index (χ1n) is 6.33. The van der Waals surface area contributed by atoms with Crippen LogP contribution in [0.3, 0.4) is 0 Å². The van der Waals surface area contributed by atoms with E-state index >= 15 is 0 Å². The molecule has 1 aromatic heterocycles. The van der Waals surface area contributed by atoms with Gasteiger partial charge in [0.05, 0.1) is 29.7 Å². The lowest BCUT2D eigenvalue weighted by molar-refractivity contribution is 0.491. The molecule has 0 spiro atoms. The molecule has 1 aromatic rings. The molecule has 1 rings (SSSR count). The van der Waals surface area contributed by atoms with Crippen molar-refractivity contribution in [3.8, 4) is 0 Å². The van der Waals surface area contributed by atoms with Crippen LogP contribution in [0.4, 0.5) is 0 Å². The zero-order valence-electron chi connectivity index (χ0n) is 10.4. The second kappa shape index (κ2) is 8.65. The van der Waals surface area contributed by atoms with Gasteiger partial charge >= 0.3 is 0 Å². The molecule has 1 N–H and O–H groups in total. The number of hydrogen-bond acceptors (Lipinski definition) is 4. The number of rotatable bonds is 9. The predicted octanol–water partition coefficient (Wildman–Crippen LogP) is 3.55. The largest absolute Gasteiger partial charge is 0.312 e. The number of nitrogens with zero attached hydrogens (tertiary/aromatic N) is 2. The summed E-state index contributed by atoms with van der Waals surface area (Å²) in [5, 5.41) is 3.31. The Hall–Kier alpha value is -0.480. The Kier molecular flexibility index (Phi) is 7.34. The average Bonchev–Trinajstić information content (AvgIpc) is 2.82. The molecule has 0 saturated carbocycles. The zero-order valence-corrected chi connectivity index (χ0v) is 11.2. The highest BCUT2D eigenvalue weighted by atomic mass is 32.1. The molecule has 0 saturated heterocycles. The summed E-state index contributed by atoms with van der Waals surface area (Å²) in [5.74, 6) is 0. The first-order chi connectivity index (χ1) is 7.88. The number of aromatic nitrogens is 2. The molecule has 1 atom stereocenters. The van der Waals surface area contributed by atoms with Crippen LogP contribution in [0.25, 0.3) is 0 Å². The minimum absolute atomic E-state index is 0.393. The maximum atomic E-state index is 4.28. The first kappa shape index (κ1) is 13.6. The van der Waals surface area contributed by atoms with Crippen LogP contribution in [0.1, 0.15) is 63.6 Å². The van der Waals surface area contributed by atoms with Gasteiger partial charge in [-0.3, -0.25) is 0 Å². The van der Waals surface area contributed by atoms with Gasteiger partial charge in [-0.25, -0.2) is 0 Å². The van der Waals surface area contributed by atoms with Crippen LogP contribution < -0.4 is 5.32 Å². The highest BCUT2D eigenvalue weighted by molar-refractivity contribution is 6.99. The number of nitrogens with one attached hydrogen (secondary N) is 1. The van der Waals surface area contributed by atoms with E-state index in [4.69, 9.17) is 0 Å². The Morgan fingerprint density at radius 1 is 1.25 bits per heavy atom. The third-order valence-corrected chi connectivity index (χ3v) is 3.42. The molecule has 1 heterocycles. The molecule has 3 nitrogen and oxygen atoms in total. The van der Waals surface area contributed by atoms with E-state index in [0.29, 0.717) is 6.04 Å². The molecule has 0 aliphatic carbocycles. The minimum Gasteiger partial charge on any atom is -0.312 e. The van der Waals surface area contributed by atoms with Gasteiger partial charge in [-0.1, -0.05) is 45.4 Å². The molecule has 0 amide bonds. The van der Waals surface area contributed by atoms with Gasteiger partial charge in [0.2, 0.25) is 0 Å². The normalized spacial score (nSPS) is 12.9. The average molecular weight is 241 g/mol. The summed E-state index contributed by atoms with van der Waals surface area (Å²) in [7, 11) is 2.00. The van der Waals surface area contributed by atoms with Crippen molar-refractivity contribution in [2.24, 2.45) is 0 Å². The monoisotopic (exact) mass is 241 g/mol.